The van der Waals surface area contributed by atoms with Crippen LogP contribution in [-0.4, -0.2) is 41.4 Å². The van der Waals surface area contributed by atoms with Crippen molar-refractivity contribution in [2.75, 3.05) is 20.8 Å². The predicted molar refractivity (Wildman–Crippen MR) is 108 cm³/mol. The number of nitrogens with zero attached hydrogens (tertiary/aromatic N) is 3. The molecule has 0 aliphatic heterocycles. The van der Waals surface area contributed by atoms with Crippen LogP contribution in [0.1, 0.15) is 15.9 Å². The summed E-state index contributed by atoms with van der Waals surface area (Å²) in [4.78, 5) is 14.4. The zero-order valence-electron chi connectivity index (χ0n) is 16.0. The van der Waals surface area contributed by atoms with Gasteiger partial charge in [-0.05, 0) is 30.3 Å². The molecule has 0 spiro atoms. The summed E-state index contributed by atoms with van der Waals surface area (Å²) < 4.78 is 12.7. The lowest BCUT2D eigenvalue weighted by Gasteiger charge is -2.17. The lowest BCUT2D eigenvalue weighted by Crippen LogP contribution is -2.26. The van der Waals surface area contributed by atoms with Gasteiger partial charge >= 0.3 is 0 Å². The van der Waals surface area contributed by atoms with E-state index in [1.54, 1.807) is 54.2 Å². The average Bonchev–Trinajstić information content (AvgIpc) is 3.20. The first kappa shape index (κ1) is 19.2. The van der Waals surface area contributed by atoms with Crippen LogP contribution in [0.15, 0.2) is 73.6 Å². The van der Waals surface area contributed by atoms with E-state index in [0.717, 1.165) is 11.3 Å². The SMILES string of the molecule is C=CCOc1ccc(C(=O)N(C)Cc2cnn(-c3ccccc3)c2)cc1OC. The molecule has 0 saturated carbocycles. The second-order valence-electron chi connectivity index (χ2n) is 6.26. The summed E-state index contributed by atoms with van der Waals surface area (Å²) in [6.45, 7) is 4.44. The van der Waals surface area contributed by atoms with Gasteiger partial charge in [-0.2, -0.15) is 5.10 Å². The van der Waals surface area contributed by atoms with Crippen LogP contribution in [0.2, 0.25) is 0 Å². The number of methoxy groups -OCH3 is 1. The smallest absolute Gasteiger partial charge is 0.254 e. The monoisotopic (exact) mass is 377 g/mol. The van der Waals surface area contributed by atoms with Gasteiger partial charge in [0.25, 0.3) is 5.91 Å². The van der Waals surface area contributed by atoms with Crippen molar-refractivity contribution in [3.05, 3.63) is 84.7 Å². The molecule has 2 aromatic carbocycles. The number of hydrogen-bond donors (Lipinski definition) is 0. The molecular formula is C22H23N3O3. The van der Waals surface area contributed by atoms with Gasteiger partial charge in [0.1, 0.15) is 6.61 Å². The fourth-order valence-corrected chi connectivity index (χ4v) is 2.80. The third-order valence-electron chi connectivity index (χ3n) is 4.19. The van der Waals surface area contributed by atoms with Crippen LogP contribution in [0, 0.1) is 0 Å². The van der Waals surface area contributed by atoms with Gasteiger partial charge in [0.15, 0.2) is 11.5 Å². The van der Waals surface area contributed by atoms with Gasteiger partial charge < -0.3 is 14.4 Å². The number of hydrogen-bond acceptors (Lipinski definition) is 4. The molecule has 6 heteroatoms. The molecule has 0 atom stereocenters. The fourth-order valence-electron chi connectivity index (χ4n) is 2.80. The third kappa shape index (κ3) is 4.40. The minimum atomic E-state index is -0.110. The Balaban J connectivity index is 1.71. The highest BCUT2D eigenvalue weighted by atomic mass is 16.5. The standard InChI is InChI=1S/C22H23N3O3/c1-4-12-28-20-11-10-18(13-21(20)27-3)22(26)24(2)15-17-14-23-25(16-17)19-8-6-5-7-9-19/h4-11,13-14,16H,1,12,15H2,2-3H3. The fraction of sp³-hybridized carbons (Fsp3) is 0.182. The van der Waals surface area contributed by atoms with Crippen LogP contribution in [0.4, 0.5) is 0 Å². The van der Waals surface area contributed by atoms with E-state index in [-0.39, 0.29) is 5.91 Å². The summed E-state index contributed by atoms with van der Waals surface area (Å²) in [6, 6.07) is 15.0. The summed E-state index contributed by atoms with van der Waals surface area (Å²) in [5.41, 5.74) is 2.45. The van der Waals surface area contributed by atoms with Gasteiger partial charge in [0, 0.05) is 30.9 Å². The number of ether oxygens (including phenoxy) is 2. The zero-order valence-corrected chi connectivity index (χ0v) is 16.0. The lowest BCUT2D eigenvalue weighted by atomic mass is 10.1. The number of amides is 1. The van der Waals surface area contributed by atoms with Crippen molar-refractivity contribution in [3.8, 4) is 17.2 Å². The van der Waals surface area contributed by atoms with Gasteiger partial charge in [0.2, 0.25) is 0 Å². The van der Waals surface area contributed by atoms with E-state index in [1.165, 1.54) is 0 Å². The minimum Gasteiger partial charge on any atom is -0.493 e. The molecule has 3 rings (SSSR count). The van der Waals surface area contributed by atoms with Gasteiger partial charge in [-0.3, -0.25) is 4.79 Å². The minimum absolute atomic E-state index is 0.110. The highest BCUT2D eigenvalue weighted by Crippen LogP contribution is 2.28. The molecule has 0 aliphatic carbocycles. The first-order chi connectivity index (χ1) is 13.6. The summed E-state index contributed by atoms with van der Waals surface area (Å²) in [5, 5.41) is 4.37. The maximum atomic E-state index is 12.8. The Morgan fingerprint density at radius 2 is 2.00 bits per heavy atom. The molecule has 0 unspecified atom stereocenters. The topological polar surface area (TPSA) is 56.6 Å². The molecule has 0 N–H and O–H groups in total. The van der Waals surface area contributed by atoms with Crippen molar-refractivity contribution in [1.29, 1.82) is 0 Å². The normalized spacial score (nSPS) is 10.4. The van der Waals surface area contributed by atoms with Gasteiger partial charge in [-0.25, -0.2) is 4.68 Å². The second kappa shape index (κ2) is 8.90. The van der Waals surface area contributed by atoms with Gasteiger partial charge in [-0.1, -0.05) is 30.9 Å². The van der Waals surface area contributed by atoms with Crippen molar-refractivity contribution < 1.29 is 14.3 Å². The Bertz CT molecular complexity index is 951. The van der Waals surface area contributed by atoms with Crippen LogP contribution in [0.3, 0.4) is 0 Å². The molecule has 144 valence electrons. The lowest BCUT2D eigenvalue weighted by molar-refractivity contribution is 0.0784. The molecule has 0 radical (unpaired) electrons. The first-order valence-corrected chi connectivity index (χ1v) is 8.88. The number of para-hydroxylation sites is 1. The number of benzene rings is 2. The van der Waals surface area contributed by atoms with Crippen LogP contribution in [-0.2, 0) is 6.54 Å². The molecule has 1 aromatic heterocycles. The summed E-state index contributed by atoms with van der Waals surface area (Å²) >= 11 is 0. The Kier molecular flexibility index (Phi) is 6.11. The molecule has 0 saturated heterocycles. The van der Waals surface area contributed by atoms with E-state index in [1.807, 2.05) is 36.5 Å². The molecule has 0 fully saturated rings. The molecule has 6 nitrogen and oxygen atoms in total. The summed E-state index contributed by atoms with van der Waals surface area (Å²) in [6.07, 6.45) is 5.34. The molecule has 1 amide bonds. The number of rotatable bonds is 8. The molecule has 0 bridgehead atoms. The van der Waals surface area contributed by atoms with Crippen molar-refractivity contribution in [3.63, 3.8) is 0 Å². The van der Waals surface area contributed by atoms with Crippen molar-refractivity contribution in [1.82, 2.24) is 14.7 Å². The Hall–Kier alpha value is -3.54. The summed E-state index contributed by atoms with van der Waals surface area (Å²) in [7, 11) is 3.31. The van der Waals surface area contributed by atoms with E-state index >= 15 is 0 Å². The number of aromatic nitrogens is 2. The quantitative estimate of drug-likeness (QED) is 0.562. The van der Waals surface area contributed by atoms with Crippen molar-refractivity contribution >= 4 is 5.91 Å². The van der Waals surface area contributed by atoms with E-state index in [2.05, 4.69) is 11.7 Å². The number of carbonyl (C=O) groups is 1. The molecule has 28 heavy (non-hydrogen) atoms. The van der Waals surface area contributed by atoms with Crippen LogP contribution in [0.25, 0.3) is 5.69 Å². The maximum absolute atomic E-state index is 12.8. The second-order valence-corrected chi connectivity index (χ2v) is 6.26. The van der Waals surface area contributed by atoms with Crippen molar-refractivity contribution in [2.45, 2.75) is 6.54 Å². The van der Waals surface area contributed by atoms with Gasteiger partial charge in [0.05, 0.1) is 19.0 Å². The Morgan fingerprint density at radius 3 is 2.71 bits per heavy atom. The van der Waals surface area contributed by atoms with E-state index in [4.69, 9.17) is 9.47 Å². The number of carbonyl (C=O) groups excluding carboxylic acids is 1. The Morgan fingerprint density at radius 1 is 1.21 bits per heavy atom. The first-order valence-electron chi connectivity index (χ1n) is 8.88. The Labute approximate surface area is 164 Å². The van der Waals surface area contributed by atoms with Crippen LogP contribution < -0.4 is 9.47 Å². The third-order valence-corrected chi connectivity index (χ3v) is 4.19. The highest BCUT2D eigenvalue weighted by Gasteiger charge is 2.16. The average molecular weight is 377 g/mol. The molecular weight excluding hydrogens is 354 g/mol. The van der Waals surface area contributed by atoms with E-state index in [9.17, 15) is 4.79 Å². The molecule has 0 aliphatic rings. The zero-order chi connectivity index (χ0) is 19.9. The van der Waals surface area contributed by atoms with E-state index in [0.29, 0.717) is 30.2 Å². The largest absolute Gasteiger partial charge is 0.493 e. The highest BCUT2D eigenvalue weighted by molar-refractivity contribution is 5.94. The molecule has 3 aromatic rings. The van der Waals surface area contributed by atoms with Crippen LogP contribution in [0.5, 0.6) is 11.5 Å². The molecule has 1 heterocycles. The maximum Gasteiger partial charge on any atom is 0.254 e. The van der Waals surface area contributed by atoms with Crippen molar-refractivity contribution in [2.24, 2.45) is 0 Å². The van der Waals surface area contributed by atoms with Crippen LogP contribution >= 0.6 is 0 Å². The van der Waals surface area contributed by atoms with Gasteiger partial charge in [-0.15, -0.1) is 0 Å². The van der Waals surface area contributed by atoms with E-state index < -0.39 is 0 Å². The predicted octanol–water partition coefficient (Wildman–Crippen LogP) is 3.72. The summed E-state index contributed by atoms with van der Waals surface area (Å²) in [5.74, 6) is 0.977.